The molecule has 4 saturated carbocycles. The summed E-state index contributed by atoms with van der Waals surface area (Å²) in [6.45, 7) is 11.0. The van der Waals surface area contributed by atoms with Gasteiger partial charge < -0.3 is 20.4 Å². The lowest BCUT2D eigenvalue weighted by molar-refractivity contribution is -0.217. The normalized spacial score (nSPS) is 54.2. The fraction of sp³-hybridized carbons (Fsp3) is 0.867. The minimum atomic E-state index is -0.896. The molecule has 36 heavy (non-hydrogen) atoms. The summed E-state index contributed by atoms with van der Waals surface area (Å²) in [6, 6.07) is 0. The number of aliphatic hydroxyl groups is 2. The van der Waals surface area contributed by atoms with Crippen LogP contribution in [-0.2, 0) is 9.59 Å². The van der Waals surface area contributed by atoms with Crippen LogP contribution >= 0.6 is 0 Å². The fourth-order valence-corrected chi connectivity index (χ4v) is 10.7. The molecule has 0 aromatic rings. The highest BCUT2D eigenvalue weighted by atomic mass is 16.4. The van der Waals surface area contributed by atoms with Gasteiger partial charge in [-0.2, -0.15) is 0 Å². The van der Waals surface area contributed by atoms with Crippen molar-refractivity contribution in [2.45, 2.75) is 105 Å². The van der Waals surface area contributed by atoms with Gasteiger partial charge in [0.25, 0.3) is 0 Å². The maximum Gasteiger partial charge on any atom is 0.310 e. The summed E-state index contributed by atoms with van der Waals surface area (Å²) < 4.78 is 0. The molecule has 0 aromatic carbocycles. The smallest absolute Gasteiger partial charge is 0.310 e. The molecule has 0 radical (unpaired) electrons. The minimum Gasteiger partial charge on any atom is -0.481 e. The second-order valence-corrected chi connectivity index (χ2v) is 14.6. The lowest BCUT2D eigenvalue weighted by atomic mass is 9.33. The van der Waals surface area contributed by atoms with Crippen LogP contribution in [0, 0.1) is 50.2 Å². The Morgan fingerprint density at radius 2 is 1.56 bits per heavy atom. The van der Waals surface area contributed by atoms with Gasteiger partial charge in [-0.1, -0.05) is 39.3 Å². The molecule has 202 valence electrons. The number of carbonyl (C=O) groups is 2. The average molecular weight is 503 g/mol. The van der Waals surface area contributed by atoms with E-state index in [0.29, 0.717) is 38.0 Å². The number of fused-ring (bicyclic) bond motifs is 7. The molecule has 6 heteroatoms. The molecule has 0 aromatic heterocycles. The van der Waals surface area contributed by atoms with Gasteiger partial charge in [0.2, 0.25) is 0 Å². The van der Waals surface area contributed by atoms with Crippen molar-refractivity contribution >= 4 is 11.9 Å². The number of rotatable bonds is 3. The molecule has 5 aliphatic rings. The lowest BCUT2D eigenvalue weighted by Gasteiger charge is -2.71. The summed E-state index contributed by atoms with van der Waals surface area (Å²) in [5, 5.41) is 41.9. The summed E-state index contributed by atoms with van der Waals surface area (Å²) >= 11 is 0. The van der Waals surface area contributed by atoms with E-state index in [-0.39, 0.29) is 34.7 Å². The van der Waals surface area contributed by atoms with E-state index in [9.17, 15) is 30.0 Å². The van der Waals surface area contributed by atoms with Crippen LogP contribution in [0.15, 0.2) is 11.6 Å². The molecule has 0 saturated heterocycles. The van der Waals surface area contributed by atoms with Gasteiger partial charge >= 0.3 is 11.9 Å². The second-order valence-electron chi connectivity index (χ2n) is 14.6. The first kappa shape index (κ1) is 26.2. The number of aliphatic hydroxyl groups excluding tert-OH is 2. The van der Waals surface area contributed by atoms with E-state index in [4.69, 9.17) is 0 Å². The monoisotopic (exact) mass is 502 g/mol. The molecule has 0 amide bonds. The Bertz CT molecular complexity index is 1010. The predicted octanol–water partition coefficient (Wildman–Crippen LogP) is 5.27. The van der Waals surface area contributed by atoms with Gasteiger partial charge in [0, 0.05) is 5.41 Å². The molecule has 10 atom stereocenters. The highest BCUT2D eigenvalue weighted by molar-refractivity contribution is 5.79. The van der Waals surface area contributed by atoms with Gasteiger partial charge in [-0.25, -0.2) is 0 Å². The number of aliphatic carboxylic acids is 2. The Balaban J connectivity index is 1.60. The van der Waals surface area contributed by atoms with Crippen LogP contribution in [0.4, 0.5) is 0 Å². The van der Waals surface area contributed by atoms with E-state index in [2.05, 4.69) is 33.8 Å². The van der Waals surface area contributed by atoms with E-state index >= 15 is 0 Å². The van der Waals surface area contributed by atoms with Gasteiger partial charge in [-0.3, -0.25) is 9.59 Å². The SMILES string of the molecule is CC1(C(=O)O)CC[C@]2(C(=O)O)CC[C@]3(C)C(=CC[C@@H]4[C@@]5(C)CC[C@H](O)C(C)(CO)C5CC[C@]43C)[C@H]2C1. The third-order valence-corrected chi connectivity index (χ3v) is 13.5. The van der Waals surface area contributed by atoms with Crippen LogP contribution in [0.3, 0.4) is 0 Å². The first-order chi connectivity index (χ1) is 16.6. The quantitative estimate of drug-likeness (QED) is 0.391. The first-order valence-electron chi connectivity index (χ1n) is 14.1. The zero-order valence-corrected chi connectivity index (χ0v) is 22.8. The largest absolute Gasteiger partial charge is 0.481 e. The van der Waals surface area contributed by atoms with E-state index in [1.54, 1.807) is 6.92 Å². The van der Waals surface area contributed by atoms with Crippen molar-refractivity contribution in [2.24, 2.45) is 50.2 Å². The number of carboxylic acids is 2. The zero-order valence-electron chi connectivity index (χ0n) is 22.8. The molecule has 6 nitrogen and oxygen atoms in total. The van der Waals surface area contributed by atoms with Crippen LogP contribution in [0.1, 0.15) is 98.8 Å². The molecular formula is C30H46O6. The van der Waals surface area contributed by atoms with Crippen molar-refractivity contribution in [3.05, 3.63) is 11.6 Å². The summed E-state index contributed by atoms with van der Waals surface area (Å²) in [4.78, 5) is 25.0. The maximum atomic E-state index is 12.8. The maximum absolute atomic E-state index is 12.8. The van der Waals surface area contributed by atoms with Gasteiger partial charge in [0.15, 0.2) is 0 Å². The van der Waals surface area contributed by atoms with Gasteiger partial charge in [0.1, 0.15) is 0 Å². The fourth-order valence-electron chi connectivity index (χ4n) is 10.7. The van der Waals surface area contributed by atoms with Gasteiger partial charge in [-0.15, -0.1) is 0 Å². The van der Waals surface area contributed by atoms with Crippen LogP contribution < -0.4 is 0 Å². The Morgan fingerprint density at radius 3 is 2.17 bits per heavy atom. The highest BCUT2D eigenvalue weighted by Crippen LogP contribution is 2.75. The number of hydrogen-bond acceptors (Lipinski definition) is 4. The molecule has 0 aliphatic heterocycles. The Hall–Kier alpha value is -1.40. The molecule has 4 fully saturated rings. The van der Waals surface area contributed by atoms with Crippen LogP contribution in [0.25, 0.3) is 0 Å². The molecule has 4 N–H and O–H groups in total. The van der Waals surface area contributed by atoms with Crippen molar-refractivity contribution < 1.29 is 30.0 Å². The van der Waals surface area contributed by atoms with Crippen LogP contribution in [0.5, 0.6) is 0 Å². The van der Waals surface area contributed by atoms with E-state index in [1.807, 2.05) is 0 Å². The minimum absolute atomic E-state index is 0.00675. The summed E-state index contributed by atoms with van der Waals surface area (Å²) in [5.41, 5.74) is -1.29. The van der Waals surface area contributed by atoms with Crippen molar-refractivity contribution in [3.63, 3.8) is 0 Å². The Labute approximate surface area is 215 Å². The summed E-state index contributed by atoms with van der Waals surface area (Å²) in [5.74, 6) is -1.20. The van der Waals surface area contributed by atoms with Crippen molar-refractivity contribution in [1.29, 1.82) is 0 Å². The predicted molar refractivity (Wildman–Crippen MR) is 136 cm³/mol. The second kappa shape index (κ2) is 7.81. The number of hydrogen-bond donors (Lipinski definition) is 4. The molecule has 5 rings (SSSR count). The molecule has 5 aliphatic carbocycles. The van der Waals surface area contributed by atoms with E-state index < -0.39 is 34.3 Å². The molecule has 3 unspecified atom stereocenters. The van der Waals surface area contributed by atoms with E-state index in [0.717, 1.165) is 32.1 Å². The first-order valence-corrected chi connectivity index (χ1v) is 14.1. The molecular weight excluding hydrogens is 456 g/mol. The third kappa shape index (κ3) is 2.98. The molecule has 0 spiro atoms. The van der Waals surface area contributed by atoms with E-state index in [1.165, 1.54) is 5.57 Å². The van der Waals surface area contributed by atoms with Crippen molar-refractivity contribution in [2.75, 3.05) is 6.61 Å². The Kier molecular flexibility index (Phi) is 5.69. The van der Waals surface area contributed by atoms with Crippen molar-refractivity contribution in [3.8, 4) is 0 Å². The molecule has 0 heterocycles. The van der Waals surface area contributed by atoms with Gasteiger partial charge in [0.05, 0.1) is 23.5 Å². The summed E-state index contributed by atoms with van der Waals surface area (Å²) in [7, 11) is 0. The average Bonchev–Trinajstić information content (AvgIpc) is 2.82. The summed E-state index contributed by atoms with van der Waals surface area (Å²) in [6.07, 6.45) is 8.93. The molecule has 0 bridgehead atoms. The van der Waals surface area contributed by atoms with Crippen molar-refractivity contribution in [1.82, 2.24) is 0 Å². The highest BCUT2D eigenvalue weighted by Gasteiger charge is 2.70. The number of carboxylic acid groups (broad SMARTS) is 2. The third-order valence-electron chi connectivity index (χ3n) is 13.5. The lowest BCUT2D eigenvalue weighted by Crippen LogP contribution is -2.66. The topological polar surface area (TPSA) is 115 Å². The number of allylic oxidation sites excluding steroid dienone is 2. The van der Waals surface area contributed by atoms with Gasteiger partial charge in [-0.05, 0) is 105 Å². The van der Waals surface area contributed by atoms with Crippen LogP contribution in [0.2, 0.25) is 0 Å². The Morgan fingerprint density at radius 1 is 0.889 bits per heavy atom. The zero-order chi connectivity index (χ0) is 26.5. The standard InChI is InChI=1S/C30H46O6/c1-25(23(33)34)12-14-30(24(35)36)15-13-28(4)18(19(30)16-25)6-7-21-26(2)10-9-22(32)27(3,17-31)20(26)8-11-29(21,28)5/h6,19-22,31-32H,7-17H2,1-5H3,(H,33,34)(H,35,36)/t19-,20?,21-,22+,25?,26+,27?,28-,29-,30+/m1/s1. The van der Waals surface area contributed by atoms with Crippen LogP contribution in [-0.4, -0.2) is 45.1 Å².